The van der Waals surface area contributed by atoms with E-state index in [1.54, 1.807) is 0 Å². The highest BCUT2D eigenvalue weighted by atomic mass is 79.9. The first-order chi connectivity index (χ1) is 8.49. The summed E-state index contributed by atoms with van der Waals surface area (Å²) in [6.07, 6.45) is 4.11. The molecule has 0 atom stereocenters. The molecule has 0 fully saturated rings. The maximum Gasteiger partial charge on any atom is 0.209 e. The van der Waals surface area contributed by atoms with E-state index >= 15 is 0 Å². The molecule has 0 bridgehead atoms. The molecule has 0 aliphatic rings. The number of nitrogens with one attached hydrogen (secondary N) is 2. The van der Waals surface area contributed by atoms with Crippen LogP contribution < -0.4 is 4.72 Å². The number of aryl methyl sites for hydroxylation is 1. The van der Waals surface area contributed by atoms with Gasteiger partial charge in [0.2, 0.25) is 10.0 Å². The molecule has 1 aromatic carbocycles. The average molecular weight is 331 g/mol. The van der Waals surface area contributed by atoms with Crippen LogP contribution in [-0.2, 0) is 23.0 Å². The van der Waals surface area contributed by atoms with Crippen molar-refractivity contribution in [3.63, 3.8) is 0 Å². The number of fused-ring (bicyclic) bond motifs is 1. The maximum absolute atomic E-state index is 11.1. The highest BCUT2D eigenvalue weighted by molar-refractivity contribution is 9.09. The Hall–Kier alpha value is -0.850. The number of benzene rings is 1. The van der Waals surface area contributed by atoms with Crippen LogP contribution in [0.3, 0.4) is 0 Å². The number of aromatic nitrogens is 1. The van der Waals surface area contributed by atoms with E-state index in [9.17, 15) is 8.42 Å². The molecule has 0 saturated heterocycles. The fourth-order valence-corrected chi connectivity index (χ4v) is 2.71. The Kier molecular flexibility index (Phi) is 4.09. The van der Waals surface area contributed by atoms with Crippen LogP contribution in [0.25, 0.3) is 10.9 Å². The van der Waals surface area contributed by atoms with Gasteiger partial charge in [0.1, 0.15) is 0 Å². The van der Waals surface area contributed by atoms with Crippen LogP contribution >= 0.6 is 15.9 Å². The highest BCUT2D eigenvalue weighted by Gasteiger charge is 2.06. The lowest BCUT2D eigenvalue weighted by Crippen LogP contribution is -2.21. The van der Waals surface area contributed by atoms with Crippen molar-refractivity contribution in [1.29, 1.82) is 0 Å². The summed E-state index contributed by atoms with van der Waals surface area (Å²) in [6, 6.07) is 5.93. The van der Waals surface area contributed by atoms with Gasteiger partial charge < -0.3 is 4.98 Å². The zero-order valence-electron chi connectivity index (χ0n) is 10.0. The van der Waals surface area contributed by atoms with Gasteiger partial charge in [-0.2, -0.15) is 0 Å². The first kappa shape index (κ1) is 13.6. The molecule has 1 aromatic heterocycles. The third kappa shape index (κ3) is 3.34. The first-order valence-electron chi connectivity index (χ1n) is 5.59. The summed E-state index contributed by atoms with van der Waals surface area (Å²) in [5.74, 6) is 0. The van der Waals surface area contributed by atoms with E-state index in [1.165, 1.54) is 5.56 Å². The van der Waals surface area contributed by atoms with E-state index in [0.29, 0.717) is 6.54 Å². The van der Waals surface area contributed by atoms with Gasteiger partial charge in [-0.1, -0.05) is 22.0 Å². The third-order valence-electron chi connectivity index (χ3n) is 2.73. The smallest absolute Gasteiger partial charge is 0.209 e. The van der Waals surface area contributed by atoms with Crippen molar-refractivity contribution in [2.45, 2.75) is 13.0 Å². The van der Waals surface area contributed by atoms with Crippen molar-refractivity contribution >= 4 is 36.9 Å². The molecule has 0 saturated carbocycles. The van der Waals surface area contributed by atoms with Gasteiger partial charge in [0.25, 0.3) is 0 Å². The highest BCUT2D eigenvalue weighted by Crippen LogP contribution is 2.20. The lowest BCUT2D eigenvalue weighted by molar-refractivity contribution is 0.587. The second kappa shape index (κ2) is 5.42. The van der Waals surface area contributed by atoms with Gasteiger partial charge in [-0.25, -0.2) is 13.1 Å². The first-order valence-corrected chi connectivity index (χ1v) is 8.60. The monoisotopic (exact) mass is 330 g/mol. The lowest BCUT2D eigenvalue weighted by Gasteiger charge is -2.03. The number of hydrogen-bond acceptors (Lipinski definition) is 2. The number of halogens is 1. The molecule has 0 aliphatic heterocycles. The number of alkyl halides is 1. The Balaban J connectivity index is 2.27. The molecule has 0 unspecified atom stereocenters. The van der Waals surface area contributed by atoms with Gasteiger partial charge in [0.15, 0.2) is 0 Å². The summed E-state index contributed by atoms with van der Waals surface area (Å²) in [4.78, 5) is 3.21. The Bertz CT molecular complexity index is 649. The quantitative estimate of drug-likeness (QED) is 0.825. The SMILES string of the molecule is CS(=O)(=O)NCc1ccc2[nH]cc(CCBr)c2c1. The molecular weight excluding hydrogens is 316 g/mol. The van der Waals surface area contributed by atoms with Gasteiger partial charge in [0.05, 0.1) is 6.26 Å². The largest absolute Gasteiger partial charge is 0.361 e. The molecule has 0 radical (unpaired) electrons. The minimum atomic E-state index is -3.15. The Labute approximate surface area is 115 Å². The topological polar surface area (TPSA) is 62.0 Å². The predicted molar refractivity (Wildman–Crippen MR) is 77.5 cm³/mol. The van der Waals surface area contributed by atoms with E-state index in [-0.39, 0.29) is 0 Å². The maximum atomic E-state index is 11.1. The van der Waals surface area contributed by atoms with Crippen molar-refractivity contribution in [3.05, 3.63) is 35.5 Å². The number of hydrogen-bond donors (Lipinski definition) is 2. The minimum absolute atomic E-state index is 0.327. The number of H-pyrrole nitrogens is 1. The Morgan fingerprint density at radius 3 is 2.83 bits per heavy atom. The van der Waals surface area contributed by atoms with Gasteiger partial charge in [0, 0.05) is 29.0 Å². The van der Waals surface area contributed by atoms with Crippen LogP contribution in [-0.4, -0.2) is 25.0 Å². The minimum Gasteiger partial charge on any atom is -0.361 e. The summed E-state index contributed by atoms with van der Waals surface area (Å²) in [6.45, 7) is 0.327. The molecule has 98 valence electrons. The number of sulfonamides is 1. The fraction of sp³-hybridized carbons (Fsp3) is 0.333. The van der Waals surface area contributed by atoms with E-state index in [1.807, 2.05) is 24.4 Å². The van der Waals surface area contributed by atoms with Crippen molar-refractivity contribution < 1.29 is 8.42 Å². The molecule has 6 heteroatoms. The van der Waals surface area contributed by atoms with Crippen molar-refractivity contribution in [1.82, 2.24) is 9.71 Å². The summed E-state index contributed by atoms with van der Waals surface area (Å²) < 4.78 is 24.6. The molecular formula is C12H15BrN2O2S. The predicted octanol–water partition coefficient (Wildman–Crippen LogP) is 2.15. The Morgan fingerprint density at radius 2 is 2.17 bits per heavy atom. The molecule has 2 rings (SSSR count). The molecule has 0 amide bonds. The van der Waals surface area contributed by atoms with Crippen LogP contribution in [0.4, 0.5) is 0 Å². The zero-order valence-corrected chi connectivity index (χ0v) is 12.4. The summed E-state index contributed by atoms with van der Waals surface area (Å²) in [5, 5.41) is 2.06. The van der Waals surface area contributed by atoms with Gasteiger partial charge in [-0.05, 0) is 29.7 Å². The second-order valence-corrected chi connectivity index (χ2v) is 6.85. The number of rotatable bonds is 5. The Morgan fingerprint density at radius 1 is 1.39 bits per heavy atom. The van der Waals surface area contributed by atoms with Crippen molar-refractivity contribution in [2.24, 2.45) is 0 Å². The van der Waals surface area contributed by atoms with Crippen molar-refractivity contribution in [3.8, 4) is 0 Å². The average Bonchev–Trinajstić information content (AvgIpc) is 2.69. The molecule has 2 N–H and O–H groups in total. The normalized spacial score (nSPS) is 12.1. The molecule has 4 nitrogen and oxygen atoms in total. The van der Waals surface area contributed by atoms with Crippen LogP contribution in [0.2, 0.25) is 0 Å². The third-order valence-corrected chi connectivity index (χ3v) is 3.80. The van der Waals surface area contributed by atoms with E-state index in [0.717, 1.165) is 34.5 Å². The van der Waals surface area contributed by atoms with Crippen LogP contribution in [0, 0.1) is 0 Å². The van der Waals surface area contributed by atoms with Crippen LogP contribution in [0.1, 0.15) is 11.1 Å². The van der Waals surface area contributed by atoms with E-state index < -0.39 is 10.0 Å². The standard InChI is InChI=1S/C12H15BrN2O2S/c1-18(16,17)15-7-9-2-3-12-11(6-9)10(4-5-13)8-14-12/h2-3,6,8,14-15H,4-5,7H2,1H3. The zero-order chi connectivity index (χ0) is 13.2. The van der Waals surface area contributed by atoms with E-state index in [4.69, 9.17) is 0 Å². The van der Waals surface area contributed by atoms with E-state index in [2.05, 4.69) is 25.6 Å². The van der Waals surface area contributed by atoms with Gasteiger partial charge in [-0.15, -0.1) is 0 Å². The molecule has 2 aromatic rings. The summed E-state index contributed by atoms with van der Waals surface area (Å²) in [7, 11) is -3.15. The second-order valence-electron chi connectivity index (χ2n) is 4.23. The molecule has 0 spiro atoms. The molecule has 0 aliphatic carbocycles. The van der Waals surface area contributed by atoms with Crippen LogP contribution in [0.15, 0.2) is 24.4 Å². The van der Waals surface area contributed by atoms with Crippen LogP contribution in [0.5, 0.6) is 0 Å². The molecule has 1 heterocycles. The number of aromatic amines is 1. The van der Waals surface area contributed by atoms with Gasteiger partial charge >= 0.3 is 0 Å². The van der Waals surface area contributed by atoms with Gasteiger partial charge in [-0.3, -0.25) is 0 Å². The fourth-order valence-electron chi connectivity index (χ4n) is 1.86. The van der Waals surface area contributed by atoms with Crippen molar-refractivity contribution in [2.75, 3.05) is 11.6 Å². The summed E-state index contributed by atoms with van der Waals surface area (Å²) in [5.41, 5.74) is 3.28. The summed E-state index contributed by atoms with van der Waals surface area (Å²) >= 11 is 3.43. The lowest BCUT2D eigenvalue weighted by atomic mass is 10.1. The molecule has 18 heavy (non-hydrogen) atoms.